The van der Waals surface area contributed by atoms with Crippen molar-refractivity contribution in [3.63, 3.8) is 0 Å². The van der Waals surface area contributed by atoms with E-state index in [2.05, 4.69) is 27.2 Å². The summed E-state index contributed by atoms with van der Waals surface area (Å²) in [5.74, 6) is 0.722. The Morgan fingerprint density at radius 1 is 1.24 bits per heavy atom. The molecule has 1 aliphatic rings. The van der Waals surface area contributed by atoms with E-state index in [0.29, 0.717) is 0 Å². The maximum atomic E-state index is 9.50. The predicted octanol–water partition coefficient (Wildman–Crippen LogP) is 1.79. The summed E-state index contributed by atoms with van der Waals surface area (Å²) in [4.78, 5) is 4.71. The molecule has 0 unspecified atom stereocenters. The number of aliphatic hydroxyl groups is 1. The van der Waals surface area contributed by atoms with Gasteiger partial charge in [0.15, 0.2) is 0 Å². The predicted molar refractivity (Wildman–Crippen MR) is 98.5 cm³/mol. The zero-order valence-corrected chi connectivity index (χ0v) is 15.3. The van der Waals surface area contributed by atoms with Gasteiger partial charge in [-0.3, -0.25) is 0 Å². The second-order valence-corrected chi connectivity index (χ2v) is 7.28. The molecule has 6 heteroatoms. The summed E-state index contributed by atoms with van der Waals surface area (Å²) < 4.78 is 1.83. The molecule has 0 saturated carbocycles. The maximum absolute atomic E-state index is 9.50. The van der Waals surface area contributed by atoms with Gasteiger partial charge in [-0.25, -0.2) is 4.68 Å². The summed E-state index contributed by atoms with van der Waals surface area (Å²) in [6.45, 7) is 6.75. The zero-order chi connectivity index (χ0) is 17.6. The number of aliphatic hydroxyl groups excluding tert-OH is 1. The van der Waals surface area contributed by atoms with Gasteiger partial charge in [0.05, 0.1) is 23.7 Å². The molecule has 0 aliphatic carbocycles. The second-order valence-electron chi connectivity index (χ2n) is 7.28. The molecule has 1 fully saturated rings. The molecule has 0 spiro atoms. The molecular weight excluding hydrogens is 314 g/mol. The SMILES string of the molecule is C[C@@H](O)CN1CCC(CN(C)Cc2cn(-c3ccccc3)nn2)CC1. The number of hydrogen-bond acceptors (Lipinski definition) is 5. The van der Waals surface area contributed by atoms with Crippen LogP contribution < -0.4 is 0 Å². The van der Waals surface area contributed by atoms with Gasteiger partial charge < -0.3 is 14.9 Å². The Kier molecular flexibility index (Phi) is 6.18. The van der Waals surface area contributed by atoms with E-state index in [4.69, 9.17) is 0 Å². The highest BCUT2D eigenvalue weighted by Crippen LogP contribution is 2.19. The fourth-order valence-corrected chi connectivity index (χ4v) is 3.58. The van der Waals surface area contributed by atoms with Crippen molar-refractivity contribution in [1.82, 2.24) is 24.8 Å². The minimum absolute atomic E-state index is 0.230. The third-order valence-corrected chi connectivity index (χ3v) is 4.79. The van der Waals surface area contributed by atoms with Crippen molar-refractivity contribution in [3.05, 3.63) is 42.2 Å². The first-order valence-electron chi connectivity index (χ1n) is 9.16. The average molecular weight is 343 g/mol. The first-order valence-corrected chi connectivity index (χ1v) is 9.16. The van der Waals surface area contributed by atoms with Gasteiger partial charge in [0.25, 0.3) is 0 Å². The van der Waals surface area contributed by atoms with E-state index in [1.807, 2.05) is 48.1 Å². The minimum atomic E-state index is -0.230. The molecule has 1 N–H and O–H groups in total. The number of hydrogen-bond donors (Lipinski definition) is 1. The van der Waals surface area contributed by atoms with Crippen LogP contribution in [-0.2, 0) is 6.54 Å². The Morgan fingerprint density at radius 2 is 1.96 bits per heavy atom. The van der Waals surface area contributed by atoms with E-state index in [1.54, 1.807) is 0 Å². The molecule has 0 radical (unpaired) electrons. The summed E-state index contributed by atoms with van der Waals surface area (Å²) in [6.07, 6.45) is 4.19. The van der Waals surface area contributed by atoms with Gasteiger partial charge in [-0.2, -0.15) is 0 Å². The van der Waals surface area contributed by atoms with Gasteiger partial charge in [-0.05, 0) is 58.0 Å². The molecule has 0 bridgehead atoms. The van der Waals surface area contributed by atoms with Crippen molar-refractivity contribution in [2.75, 3.05) is 33.2 Å². The van der Waals surface area contributed by atoms with Crippen molar-refractivity contribution in [1.29, 1.82) is 0 Å². The van der Waals surface area contributed by atoms with Gasteiger partial charge in [-0.1, -0.05) is 23.4 Å². The molecular formula is C19H29N5O. The van der Waals surface area contributed by atoms with Crippen molar-refractivity contribution >= 4 is 0 Å². The lowest BCUT2D eigenvalue weighted by Gasteiger charge is -2.34. The molecule has 1 saturated heterocycles. The Hall–Kier alpha value is -1.76. The van der Waals surface area contributed by atoms with Crippen LogP contribution in [0.25, 0.3) is 5.69 Å². The standard InChI is InChI=1S/C19H29N5O/c1-16(25)12-23-10-8-17(9-11-23)13-22(2)14-18-15-24(21-20-18)19-6-4-3-5-7-19/h3-7,15-17,25H,8-14H2,1-2H3/t16-/m1/s1. The van der Waals surface area contributed by atoms with Gasteiger partial charge in [0, 0.05) is 19.6 Å². The summed E-state index contributed by atoms with van der Waals surface area (Å²) in [5, 5.41) is 18.0. The summed E-state index contributed by atoms with van der Waals surface area (Å²) in [6, 6.07) is 10.1. The van der Waals surface area contributed by atoms with Gasteiger partial charge in [0.2, 0.25) is 0 Å². The van der Waals surface area contributed by atoms with Crippen LogP contribution in [0.2, 0.25) is 0 Å². The molecule has 6 nitrogen and oxygen atoms in total. The Bertz CT molecular complexity index is 634. The Balaban J connectivity index is 1.46. The lowest BCUT2D eigenvalue weighted by atomic mass is 9.96. The van der Waals surface area contributed by atoms with Gasteiger partial charge in [0.1, 0.15) is 0 Å². The second kappa shape index (κ2) is 8.56. The van der Waals surface area contributed by atoms with Crippen LogP contribution in [-0.4, -0.2) is 69.2 Å². The number of aromatic nitrogens is 3. The monoisotopic (exact) mass is 343 g/mol. The van der Waals surface area contributed by atoms with Gasteiger partial charge >= 0.3 is 0 Å². The minimum Gasteiger partial charge on any atom is -0.392 e. The van der Waals surface area contributed by atoms with Crippen LogP contribution >= 0.6 is 0 Å². The van der Waals surface area contributed by atoms with E-state index in [1.165, 1.54) is 12.8 Å². The lowest BCUT2D eigenvalue weighted by molar-refractivity contribution is 0.0918. The molecule has 136 valence electrons. The normalized spacial score (nSPS) is 17.9. The number of benzene rings is 1. The molecule has 3 rings (SSSR count). The molecule has 0 amide bonds. The zero-order valence-electron chi connectivity index (χ0n) is 15.3. The van der Waals surface area contributed by atoms with E-state index < -0.39 is 0 Å². The summed E-state index contributed by atoms with van der Waals surface area (Å²) in [7, 11) is 2.16. The smallest absolute Gasteiger partial charge is 0.0971 e. The molecule has 1 aliphatic heterocycles. The van der Waals surface area contributed by atoms with Crippen molar-refractivity contribution in [2.45, 2.75) is 32.4 Å². The number of likely N-dealkylation sites (tertiary alicyclic amines) is 1. The third kappa shape index (κ3) is 5.36. The molecule has 1 atom stereocenters. The van der Waals surface area contributed by atoms with E-state index in [9.17, 15) is 5.11 Å². The summed E-state index contributed by atoms with van der Waals surface area (Å²) >= 11 is 0. The van der Waals surface area contributed by atoms with E-state index >= 15 is 0 Å². The molecule has 1 aromatic carbocycles. The molecule has 2 heterocycles. The molecule has 2 aromatic rings. The fourth-order valence-electron chi connectivity index (χ4n) is 3.58. The van der Waals surface area contributed by atoms with Crippen LogP contribution in [0.4, 0.5) is 0 Å². The van der Waals surface area contributed by atoms with Crippen LogP contribution in [0.15, 0.2) is 36.5 Å². The number of β-amino-alcohol motifs (C(OH)–C–C–N with tert-alkyl or cyclic N) is 1. The molecule has 1 aromatic heterocycles. The van der Waals surface area contributed by atoms with E-state index in [0.717, 1.165) is 50.0 Å². The van der Waals surface area contributed by atoms with Crippen LogP contribution in [0.5, 0.6) is 0 Å². The number of piperidine rings is 1. The quantitative estimate of drug-likeness (QED) is 0.831. The topological polar surface area (TPSA) is 57.4 Å². The highest BCUT2D eigenvalue weighted by Gasteiger charge is 2.21. The van der Waals surface area contributed by atoms with Crippen LogP contribution in [0, 0.1) is 5.92 Å². The first-order chi connectivity index (χ1) is 12.1. The van der Waals surface area contributed by atoms with E-state index in [-0.39, 0.29) is 6.10 Å². The lowest BCUT2D eigenvalue weighted by Crippen LogP contribution is -2.40. The fraction of sp³-hybridized carbons (Fsp3) is 0.579. The summed E-state index contributed by atoms with van der Waals surface area (Å²) in [5.41, 5.74) is 2.03. The third-order valence-electron chi connectivity index (χ3n) is 4.79. The number of rotatable bonds is 7. The van der Waals surface area contributed by atoms with Crippen molar-refractivity contribution < 1.29 is 5.11 Å². The Labute approximate surface area is 150 Å². The largest absolute Gasteiger partial charge is 0.392 e. The highest BCUT2D eigenvalue weighted by molar-refractivity contribution is 5.29. The number of para-hydroxylation sites is 1. The van der Waals surface area contributed by atoms with Crippen LogP contribution in [0.1, 0.15) is 25.5 Å². The van der Waals surface area contributed by atoms with Crippen LogP contribution in [0.3, 0.4) is 0 Å². The first kappa shape index (κ1) is 18.0. The maximum Gasteiger partial charge on any atom is 0.0971 e. The van der Waals surface area contributed by atoms with Crippen molar-refractivity contribution in [3.8, 4) is 5.69 Å². The van der Waals surface area contributed by atoms with Gasteiger partial charge in [-0.15, -0.1) is 5.10 Å². The van der Waals surface area contributed by atoms with Crippen molar-refractivity contribution in [2.24, 2.45) is 5.92 Å². The average Bonchev–Trinajstić information content (AvgIpc) is 3.05. The number of nitrogens with zero attached hydrogens (tertiary/aromatic N) is 5. The highest BCUT2D eigenvalue weighted by atomic mass is 16.3. The Morgan fingerprint density at radius 3 is 2.64 bits per heavy atom. The molecule has 25 heavy (non-hydrogen) atoms.